The fraction of sp³-hybridized carbons (Fsp3) is 0.188. The van der Waals surface area contributed by atoms with Gasteiger partial charge in [-0.15, -0.1) is 0 Å². The van der Waals surface area contributed by atoms with E-state index >= 15 is 0 Å². The van der Waals surface area contributed by atoms with Crippen LogP contribution in [0.3, 0.4) is 0 Å². The molecule has 0 bridgehead atoms. The van der Waals surface area contributed by atoms with Crippen molar-refractivity contribution < 1.29 is 4.39 Å². The summed E-state index contributed by atoms with van der Waals surface area (Å²) in [5, 5.41) is 12.0. The Morgan fingerprint density at radius 3 is 2.60 bits per heavy atom. The van der Waals surface area contributed by atoms with Crippen LogP contribution in [-0.2, 0) is 13.1 Å². The SMILES string of the molecule is Cc1cc(C#N)ccc1CNCc1cc(Br)ccc1F. The third-order valence-electron chi connectivity index (χ3n) is 3.11. The zero-order valence-electron chi connectivity index (χ0n) is 11.1. The highest BCUT2D eigenvalue weighted by Crippen LogP contribution is 2.16. The molecule has 0 atom stereocenters. The molecule has 102 valence electrons. The van der Waals surface area contributed by atoms with Gasteiger partial charge in [-0.25, -0.2) is 4.39 Å². The van der Waals surface area contributed by atoms with E-state index in [9.17, 15) is 4.39 Å². The number of aryl methyl sites for hydroxylation is 1. The van der Waals surface area contributed by atoms with Crippen molar-refractivity contribution in [2.24, 2.45) is 0 Å². The molecule has 0 saturated heterocycles. The second-order valence-electron chi connectivity index (χ2n) is 4.59. The van der Waals surface area contributed by atoms with Gasteiger partial charge in [-0.2, -0.15) is 5.26 Å². The number of rotatable bonds is 4. The summed E-state index contributed by atoms with van der Waals surface area (Å²) in [7, 11) is 0. The molecule has 20 heavy (non-hydrogen) atoms. The van der Waals surface area contributed by atoms with Gasteiger partial charge >= 0.3 is 0 Å². The summed E-state index contributed by atoms with van der Waals surface area (Å²) < 4.78 is 14.4. The first kappa shape index (κ1) is 14.7. The number of nitrogens with one attached hydrogen (secondary N) is 1. The molecule has 0 aromatic heterocycles. The van der Waals surface area contributed by atoms with Crippen molar-refractivity contribution in [3.8, 4) is 6.07 Å². The Kier molecular flexibility index (Phi) is 4.89. The molecule has 2 nitrogen and oxygen atoms in total. The third kappa shape index (κ3) is 3.66. The molecule has 0 fully saturated rings. The van der Waals surface area contributed by atoms with Crippen molar-refractivity contribution in [1.82, 2.24) is 5.32 Å². The molecule has 2 rings (SSSR count). The second kappa shape index (κ2) is 6.65. The van der Waals surface area contributed by atoms with Crippen LogP contribution in [0.2, 0.25) is 0 Å². The molecule has 4 heteroatoms. The molecule has 0 aliphatic rings. The molecule has 0 aliphatic heterocycles. The van der Waals surface area contributed by atoms with Crippen molar-refractivity contribution in [3.63, 3.8) is 0 Å². The zero-order chi connectivity index (χ0) is 14.5. The van der Waals surface area contributed by atoms with Gasteiger partial charge in [0.25, 0.3) is 0 Å². The highest BCUT2D eigenvalue weighted by molar-refractivity contribution is 9.10. The first-order valence-electron chi connectivity index (χ1n) is 6.24. The van der Waals surface area contributed by atoms with Gasteiger partial charge < -0.3 is 5.32 Å². The molecule has 0 radical (unpaired) electrons. The van der Waals surface area contributed by atoms with Crippen molar-refractivity contribution >= 4 is 15.9 Å². The molecule has 0 heterocycles. The molecule has 0 aliphatic carbocycles. The molecule has 0 spiro atoms. The van der Waals surface area contributed by atoms with Crippen LogP contribution in [0, 0.1) is 24.1 Å². The Balaban J connectivity index is 2.00. The Morgan fingerprint density at radius 2 is 1.90 bits per heavy atom. The van der Waals surface area contributed by atoms with E-state index in [0.29, 0.717) is 24.2 Å². The second-order valence-corrected chi connectivity index (χ2v) is 5.51. The van der Waals surface area contributed by atoms with Crippen LogP contribution >= 0.6 is 15.9 Å². The third-order valence-corrected chi connectivity index (χ3v) is 3.60. The van der Waals surface area contributed by atoms with E-state index in [1.54, 1.807) is 18.2 Å². The maximum Gasteiger partial charge on any atom is 0.127 e. The Morgan fingerprint density at radius 1 is 1.15 bits per heavy atom. The lowest BCUT2D eigenvalue weighted by Crippen LogP contribution is -2.14. The predicted molar refractivity (Wildman–Crippen MR) is 80.5 cm³/mol. The van der Waals surface area contributed by atoms with Crippen LogP contribution < -0.4 is 5.32 Å². The quantitative estimate of drug-likeness (QED) is 0.916. The minimum Gasteiger partial charge on any atom is -0.309 e. The zero-order valence-corrected chi connectivity index (χ0v) is 12.7. The fourth-order valence-electron chi connectivity index (χ4n) is 1.97. The van der Waals surface area contributed by atoms with Crippen LogP contribution in [-0.4, -0.2) is 0 Å². The van der Waals surface area contributed by atoms with E-state index in [1.807, 2.05) is 19.1 Å². The van der Waals surface area contributed by atoms with E-state index in [0.717, 1.165) is 15.6 Å². The summed E-state index contributed by atoms with van der Waals surface area (Å²) in [6.07, 6.45) is 0. The lowest BCUT2D eigenvalue weighted by atomic mass is 10.1. The van der Waals surface area contributed by atoms with Crippen molar-refractivity contribution in [3.05, 3.63) is 68.9 Å². The van der Waals surface area contributed by atoms with Crippen molar-refractivity contribution in [1.29, 1.82) is 5.26 Å². The van der Waals surface area contributed by atoms with E-state index in [4.69, 9.17) is 5.26 Å². The lowest BCUT2D eigenvalue weighted by molar-refractivity contribution is 0.587. The Labute approximate surface area is 126 Å². The van der Waals surface area contributed by atoms with Gasteiger partial charge in [0.15, 0.2) is 0 Å². The summed E-state index contributed by atoms with van der Waals surface area (Å²) in [4.78, 5) is 0. The van der Waals surface area contributed by atoms with Crippen LogP contribution in [0.5, 0.6) is 0 Å². The van der Waals surface area contributed by atoms with Crippen LogP contribution in [0.4, 0.5) is 4.39 Å². The fourth-order valence-corrected chi connectivity index (χ4v) is 2.38. The largest absolute Gasteiger partial charge is 0.309 e. The van der Waals surface area contributed by atoms with Crippen molar-refractivity contribution in [2.75, 3.05) is 0 Å². The van der Waals surface area contributed by atoms with Crippen LogP contribution in [0.15, 0.2) is 40.9 Å². The standard InChI is InChI=1S/C16H14BrFN2/c1-11-6-12(8-19)2-3-13(11)9-20-10-14-7-15(17)4-5-16(14)18/h2-7,20H,9-10H2,1H3. The lowest BCUT2D eigenvalue weighted by Gasteiger charge is -2.09. The minimum absolute atomic E-state index is 0.211. The number of nitriles is 1. The predicted octanol–water partition coefficient (Wildman–Crippen LogP) is 4.06. The number of hydrogen-bond acceptors (Lipinski definition) is 2. The molecule has 0 unspecified atom stereocenters. The van der Waals surface area contributed by atoms with Crippen molar-refractivity contribution in [2.45, 2.75) is 20.0 Å². The normalized spacial score (nSPS) is 10.3. The van der Waals surface area contributed by atoms with Gasteiger partial charge in [-0.1, -0.05) is 22.0 Å². The van der Waals surface area contributed by atoms with E-state index < -0.39 is 0 Å². The molecule has 0 amide bonds. The average Bonchev–Trinajstić information content (AvgIpc) is 2.44. The maximum absolute atomic E-state index is 13.6. The topological polar surface area (TPSA) is 35.8 Å². The number of halogens is 2. The smallest absolute Gasteiger partial charge is 0.127 e. The highest BCUT2D eigenvalue weighted by atomic mass is 79.9. The van der Waals surface area contributed by atoms with Gasteiger partial charge in [0, 0.05) is 23.1 Å². The summed E-state index contributed by atoms with van der Waals surface area (Å²) >= 11 is 3.34. The Hall–Kier alpha value is -1.70. The van der Waals surface area contributed by atoms with Gasteiger partial charge in [-0.3, -0.25) is 0 Å². The van der Waals surface area contributed by atoms with Gasteiger partial charge in [0.1, 0.15) is 5.82 Å². The first-order valence-corrected chi connectivity index (χ1v) is 7.03. The van der Waals surface area contributed by atoms with E-state index in [1.165, 1.54) is 6.07 Å². The number of hydrogen-bond donors (Lipinski definition) is 1. The molecular weight excluding hydrogens is 319 g/mol. The molecule has 2 aromatic rings. The minimum atomic E-state index is -0.211. The van der Waals surface area contributed by atoms with E-state index in [-0.39, 0.29) is 5.82 Å². The molecule has 1 N–H and O–H groups in total. The number of nitrogens with zero attached hydrogens (tertiary/aromatic N) is 1. The van der Waals surface area contributed by atoms with Crippen LogP contribution in [0.25, 0.3) is 0 Å². The van der Waals surface area contributed by atoms with E-state index in [2.05, 4.69) is 27.3 Å². The Bertz CT molecular complexity index is 662. The van der Waals surface area contributed by atoms with Gasteiger partial charge in [0.2, 0.25) is 0 Å². The first-order chi connectivity index (χ1) is 9.60. The highest BCUT2D eigenvalue weighted by Gasteiger charge is 2.04. The molecular formula is C16H14BrFN2. The summed E-state index contributed by atoms with van der Waals surface area (Å²) in [5.74, 6) is -0.211. The monoisotopic (exact) mass is 332 g/mol. The molecule has 2 aromatic carbocycles. The summed E-state index contributed by atoms with van der Waals surface area (Å²) in [6, 6.07) is 12.6. The van der Waals surface area contributed by atoms with Gasteiger partial charge in [0.05, 0.1) is 11.6 Å². The van der Waals surface area contributed by atoms with Gasteiger partial charge in [-0.05, 0) is 48.4 Å². The van der Waals surface area contributed by atoms with Crippen LogP contribution in [0.1, 0.15) is 22.3 Å². The molecule has 0 saturated carbocycles. The average molecular weight is 333 g/mol. The summed E-state index contributed by atoms with van der Waals surface area (Å²) in [6.45, 7) is 3.08. The number of benzene rings is 2. The maximum atomic E-state index is 13.6. The summed E-state index contributed by atoms with van der Waals surface area (Å²) in [5.41, 5.74) is 3.46.